The van der Waals surface area contributed by atoms with Gasteiger partial charge in [0.25, 0.3) is 0 Å². The minimum atomic E-state index is -0.278. The molecule has 1 atom stereocenters. The van der Waals surface area contributed by atoms with Crippen molar-refractivity contribution in [3.8, 4) is 5.75 Å². The zero-order valence-corrected chi connectivity index (χ0v) is 10.6. The Kier molecular flexibility index (Phi) is 4.52. The van der Waals surface area contributed by atoms with Crippen LogP contribution in [0.4, 0.5) is 4.39 Å². The van der Waals surface area contributed by atoms with Crippen LogP contribution in [-0.4, -0.2) is 33.7 Å². The predicted octanol–water partition coefficient (Wildman–Crippen LogP) is 1.86. The van der Waals surface area contributed by atoms with Crippen LogP contribution in [0.25, 0.3) is 0 Å². The molecule has 100 valence electrons. The van der Waals surface area contributed by atoms with Crippen molar-refractivity contribution in [2.75, 3.05) is 27.4 Å². The fourth-order valence-corrected chi connectivity index (χ4v) is 2.11. The Morgan fingerprint density at radius 3 is 2.78 bits per heavy atom. The highest BCUT2D eigenvalue weighted by Crippen LogP contribution is 2.30. The fraction of sp³-hybridized carbons (Fsp3) is 0.538. The average molecular weight is 255 g/mol. The molecule has 0 aromatic heterocycles. The first-order valence-electron chi connectivity index (χ1n) is 5.98. The summed E-state index contributed by atoms with van der Waals surface area (Å²) in [5, 5.41) is 3.14. The first-order chi connectivity index (χ1) is 8.74. The highest BCUT2D eigenvalue weighted by Gasteiger charge is 2.23. The van der Waals surface area contributed by atoms with E-state index in [0.717, 1.165) is 5.56 Å². The maximum atomic E-state index is 13.3. The lowest BCUT2D eigenvalue weighted by Crippen LogP contribution is -2.23. The van der Waals surface area contributed by atoms with Gasteiger partial charge in [-0.15, -0.1) is 0 Å². The van der Waals surface area contributed by atoms with Gasteiger partial charge in [0.15, 0.2) is 6.29 Å². The molecule has 1 unspecified atom stereocenters. The van der Waals surface area contributed by atoms with Gasteiger partial charge in [-0.3, -0.25) is 0 Å². The van der Waals surface area contributed by atoms with E-state index in [1.807, 2.05) is 7.05 Å². The second kappa shape index (κ2) is 6.13. The zero-order valence-electron chi connectivity index (χ0n) is 10.6. The molecule has 18 heavy (non-hydrogen) atoms. The van der Waals surface area contributed by atoms with Gasteiger partial charge in [0, 0.05) is 18.0 Å². The van der Waals surface area contributed by atoms with Gasteiger partial charge in [0.05, 0.1) is 20.3 Å². The lowest BCUT2D eigenvalue weighted by atomic mass is 10.0. The molecule has 4 nitrogen and oxygen atoms in total. The Balaban J connectivity index is 2.17. The lowest BCUT2D eigenvalue weighted by Gasteiger charge is -2.21. The van der Waals surface area contributed by atoms with E-state index in [0.29, 0.717) is 25.4 Å². The summed E-state index contributed by atoms with van der Waals surface area (Å²) in [6.07, 6.45) is 0.381. The number of hydrogen-bond acceptors (Lipinski definition) is 4. The number of hydrogen-bond donors (Lipinski definition) is 1. The largest absolute Gasteiger partial charge is 0.496 e. The molecular formula is C13H18FNO3. The SMILES string of the molecule is CNC(CC1OCCO1)c1cc(F)ccc1OC. The molecule has 2 rings (SSSR count). The molecule has 5 heteroatoms. The number of rotatable bonds is 5. The van der Waals surface area contributed by atoms with Gasteiger partial charge in [-0.1, -0.05) is 0 Å². The van der Waals surface area contributed by atoms with Crippen LogP contribution >= 0.6 is 0 Å². The maximum Gasteiger partial charge on any atom is 0.159 e. The molecule has 0 bridgehead atoms. The van der Waals surface area contributed by atoms with E-state index >= 15 is 0 Å². The Labute approximate surface area is 106 Å². The smallest absolute Gasteiger partial charge is 0.159 e. The molecule has 1 heterocycles. The molecule has 1 aromatic carbocycles. The van der Waals surface area contributed by atoms with Crippen molar-refractivity contribution in [1.82, 2.24) is 5.32 Å². The molecule has 1 N–H and O–H groups in total. The van der Waals surface area contributed by atoms with Crippen LogP contribution in [0.15, 0.2) is 18.2 Å². The lowest BCUT2D eigenvalue weighted by molar-refractivity contribution is -0.0527. The minimum absolute atomic E-state index is 0.0706. The van der Waals surface area contributed by atoms with Crippen molar-refractivity contribution in [3.05, 3.63) is 29.6 Å². The van der Waals surface area contributed by atoms with Gasteiger partial charge in [0.1, 0.15) is 11.6 Å². The third-order valence-corrected chi connectivity index (χ3v) is 3.03. The van der Waals surface area contributed by atoms with E-state index in [2.05, 4.69) is 5.32 Å². The van der Waals surface area contributed by atoms with Crippen LogP contribution in [0.2, 0.25) is 0 Å². The highest BCUT2D eigenvalue weighted by atomic mass is 19.1. The van der Waals surface area contributed by atoms with Gasteiger partial charge < -0.3 is 19.5 Å². The normalized spacial score (nSPS) is 17.9. The van der Waals surface area contributed by atoms with E-state index < -0.39 is 0 Å². The van der Waals surface area contributed by atoms with Crippen molar-refractivity contribution in [2.45, 2.75) is 18.8 Å². The molecule has 0 saturated carbocycles. The third-order valence-electron chi connectivity index (χ3n) is 3.03. The summed E-state index contributed by atoms with van der Waals surface area (Å²) in [4.78, 5) is 0. The Bertz CT molecular complexity index is 394. The van der Waals surface area contributed by atoms with Crippen molar-refractivity contribution in [1.29, 1.82) is 0 Å². The Morgan fingerprint density at radius 2 is 2.17 bits per heavy atom. The summed E-state index contributed by atoms with van der Waals surface area (Å²) in [6, 6.07) is 4.43. The second-order valence-corrected chi connectivity index (χ2v) is 4.13. The molecule has 1 saturated heterocycles. The van der Waals surface area contributed by atoms with Crippen LogP contribution in [0, 0.1) is 5.82 Å². The Hall–Kier alpha value is -1.17. The number of ether oxygens (including phenoxy) is 3. The number of nitrogens with one attached hydrogen (secondary N) is 1. The molecule has 0 radical (unpaired) electrons. The van der Waals surface area contributed by atoms with Crippen LogP contribution in [0.1, 0.15) is 18.0 Å². The molecule has 1 aliphatic rings. The van der Waals surface area contributed by atoms with Crippen molar-refractivity contribution in [2.24, 2.45) is 0 Å². The Morgan fingerprint density at radius 1 is 1.44 bits per heavy atom. The van der Waals surface area contributed by atoms with E-state index in [4.69, 9.17) is 14.2 Å². The highest BCUT2D eigenvalue weighted by molar-refractivity contribution is 5.36. The summed E-state index contributed by atoms with van der Waals surface area (Å²) < 4.78 is 29.4. The second-order valence-electron chi connectivity index (χ2n) is 4.13. The third kappa shape index (κ3) is 2.98. The van der Waals surface area contributed by atoms with Crippen LogP contribution < -0.4 is 10.1 Å². The first-order valence-corrected chi connectivity index (χ1v) is 5.98. The summed E-state index contributed by atoms with van der Waals surface area (Å²) in [5.41, 5.74) is 0.777. The van der Waals surface area contributed by atoms with Gasteiger partial charge >= 0.3 is 0 Å². The maximum absolute atomic E-state index is 13.3. The summed E-state index contributed by atoms with van der Waals surface area (Å²) in [7, 11) is 3.40. The standard InChI is InChI=1S/C13H18FNO3/c1-15-11(8-13-17-5-6-18-13)10-7-9(14)3-4-12(10)16-2/h3-4,7,11,13,15H,5-6,8H2,1-2H3. The van der Waals surface area contributed by atoms with Gasteiger partial charge in [0.2, 0.25) is 0 Å². The topological polar surface area (TPSA) is 39.7 Å². The molecule has 0 amide bonds. The van der Waals surface area contributed by atoms with Crippen molar-refractivity contribution < 1.29 is 18.6 Å². The molecule has 0 spiro atoms. The van der Waals surface area contributed by atoms with Crippen LogP contribution in [-0.2, 0) is 9.47 Å². The summed E-state index contributed by atoms with van der Waals surface area (Å²) in [6.45, 7) is 1.22. The van der Waals surface area contributed by atoms with Crippen molar-refractivity contribution >= 4 is 0 Å². The van der Waals surface area contributed by atoms with E-state index in [9.17, 15) is 4.39 Å². The van der Waals surface area contributed by atoms with Gasteiger partial charge in [-0.2, -0.15) is 0 Å². The van der Waals surface area contributed by atoms with Crippen molar-refractivity contribution in [3.63, 3.8) is 0 Å². The predicted molar refractivity (Wildman–Crippen MR) is 65.1 cm³/mol. The number of benzene rings is 1. The van der Waals surface area contributed by atoms with E-state index in [1.54, 1.807) is 13.2 Å². The summed E-state index contributed by atoms with van der Waals surface area (Å²) in [5.74, 6) is 0.382. The summed E-state index contributed by atoms with van der Waals surface area (Å²) >= 11 is 0. The fourth-order valence-electron chi connectivity index (χ4n) is 2.11. The van der Waals surface area contributed by atoms with Gasteiger partial charge in [-0.05, 0) is 25.2 Å². The number of methoxy groups -OCH3 is 1. The van der Waals surface area contributed by atoms with Crippen LogP contribution in [0.3, 0.4) is 0 Å². The van der Waals surface area contributed by atoms with Crippen LogP contribution in [0.5, 0.6) is 5.75 Å². The molecule has 0 aliphatic carbocycles. The van der Waals surface area contributed by atoms with E-state index in [-0.39, 0.29) is 18.1 Å². The minimum Gasteiger partial charge on any atom is -0.496 e. The zero-order chi connectivity index (χ0) is 13.0. The molecule has 1 aliphatic heterocycles. The number of halogens is 1. The van der Waals surface area contributed by atoms with Gasteiger partial charge in [-0.25, -0.2) is 4.39 Å². The molecule has 1 fully saturated rings. The molecular weight excluding hydrogens is 237 g/mol. The quantitative estimate of drug-likeness (QED) is 0.871. The molecule has 1 aromatic rings. The monoisotopic (exact) mass is 255 g/mol. The average Bonchev–Trinajstić information content (AvgIpc) is 2.88. The first kappa shape index (κ1) is 13.3. The van der Waals surface area contributed by atoms with E-state index in [1.165, 1.54) is 12.1 Å².